The van der Waals surface area contributed by atoms with Gasteiger partial charge in [0.2, 0.25) is 0 Å². The minimum atomic E-state index is -3.63. The maximum absolute atomic E-state index is 12.4. The van der Waals surface area contributed by atoms with Crippen LogP contribution in [-0.4, -0.2) is 92.2 Å². The molecule has 0 atom stereocenters. The number of ether oxygens (including phenoxy) is 4. The molecule has 0 heterocycles. The number of halogens is 12. The summed E-state index contributed by atoms with van der Waals surface area (Å²) in [6, 6.07) is 0. The third-order valence-electron chi connectivity index (χ3n) is 4.61. The van der Waals surface area contributed by atoms with E-state index in [0.29, 0.717) is 0 Å². The molecule has 0 fully saturated rings. The summed E-state index contributed by atoms with van der Waals surface area (Å²) in [5, 5.41) is 0.0647. The van der Waals surface area contributed by atoms with Crippen molar-refractivity contribution in [1.29, 1.82) is 0 Å². The van der Waals surface area contributed by atoms with E-state index in [1.807, 2.05) is 0 Å². The topological polar surface area (TPSA) is 105 Å². The number of rotatable bonds is 20. The molecular formula is C17H24Cl12Ge4O8. The Morgan fingerprint density at radius 3 is 0.707 bits per heavy atom. The van der Waals surface area contributed by atoms with Crippen LogP contribution in [0.3, 0.4) is 0 Å². The second-order valence-corrected chi connectivity index (χ2v) is 75.4. The van der Waals surface area contributed by atoms with Crippen molar-refractivity contribution in [3.8, 4) is 0 Å². The number of esters is 4. The molecule has 0 spiro atoms. The van der Waals surface area contributed by atoms with Crippen LogP contribution in [0.15, 0.2) is 0 Å². The fourth-order valence-electron chi connectivity index (χ4n) is 2.45. The van der Waals surface area contributed by atoms with E-state index >= 15 is 0 Å². The number of carbonyl (C=O) groups is 4. The molecule has 0 aliphatic carbocycles. The molecule has 0 N–H and O–H groups in total. The molecule has 8 nitrogen and oxygen atoms in total. The molecule has 0 radical (unpaired) electrons. The number of hydrogen-bond acceptors (Lipinski definition) is 8. The Labute approximate surface area is 298 Å². The van der Waals surface area contributed by atoms with E-state index in [2.05, 4.69) is 0 Å². The quantitative estimate of drug-likeness (QED) is 0.0682. The van der Waals surface area contributed by atoms with Crippen molar-refractivity contribution in [2.75, 3.05) is 26.4 Å². The normalized spacial score (nSPS) is 13.0. The molecule has 0 bridgehead atoms. The van der Waals surface area contributed by atoms with Crippen LogP contribution < -0.4 is 0 Å². The van der Waals surface area contributed by atoms with Crippen molar-refractivity contribution in [3.63, 3.8) is 0 Å². The molecule has 0 aliphatic heterocycles. The summed E-state index contributed by atoms with van der Waals surface area (Å²) in [6.07, 6.45) is -0.863. The molecule has 0 aromatic rings. The van der Waals surface area contributed by atoms with Gasteiger partial charge in [0, 0.05) is 0 Å². The van der Waals surface area contributed by atoms with Crippen LogP contribution in [0.25, 0.3) is 0 Å². The summed E-state index contributed by atoms with van der Waals surface area (Å²) in [5.74, 6) is -3.03. The van der Waals surface area contributed by atoms with Gasteiger partial charge in [0.25, 0.3) is 0 Å². The first-order valence-electron chi connectivity index (χ1n) is 11.3. The molecule has 0 saturated heterocycles. The molecule has 0 unspecified atom stereocenters. The predicted octanol–water partition coefficient (Wildman–Crippen LogP) is 8.33. The second kappa shape index (κ2) is 20.8. The molecule has 0 rings (SSSR count). The molecule has 0 aromatic heterocycles. The molecular weight excluding hydrogens is 1050 g/mol. The monoisotopic (exact) mass is 1070 g/mol. The molecule has 0 aromatic carbocycles. The van der Waals surface area contributed by atoms with Crippen molar-refractivity contribution >= 4 is 186 Å². The summed E-state index contributed by atoms with van der Waals surface area (Å²) in [7, 11) is 55.9. The number of hydrogen-bond donors (Lipinski definition) is 0. The standard InChI is InChI=1S/C17H24Cl12Ge4O8/c18-30(19,20)5-1-13(34)38-9-17(10-39-14(35)2-6-31(21,22)23,11-40-15(36)3-7-32(24,25)26)12-41-16(37)4-8-33(27,28)29/h1-12H2. The number of carbonyl (C=O) groups excluding carboxylic acids is 4. The van der Waals surface area contributed by atoms with E-state index in [1.165, 1.54) is 0 Å². The summed E-state index contributed by atoms with van der Waals surface area (Å²) >= 11 is 0. The van der Waals surface area contributed by atoms with Crippen molar-refractivity contribution < 1.29 is 38.1 Å². The SMILES string of the molecule is O=C(C[CH2][Ge]([Cl])([Cl])[Cl])OCC(COC(=O)C[CH2][Ge]([Cl])([Cl])[Cl])(COC(=O)C[CH2][Ge]([Cl])([Cl])[Cl])COC(=O)C[CH2][Ge]([Cl])([Cl])[Cl]. The van der Waals surface area contributed by atoms with E-state index < -0.39 is 97.6 Å². The summed E-state index contributed by atoms with van der Waals surface area (Å²) < 4.78 is 21.3. The Kier molecular flexibility index (Phi) is 22.6. The van der Waals surface area contributed by atoms with Crippen molar-refractivity contribution in [2.24, 2.45) is 5.41 Å². The van der Waals surface area contributed by atoms with Gasteiger partial charge >= 0.3 is 303 Å². The molecule has 0 saturated carbocycles. The van der Waals surface area contributed by atoms with Gasteiger partial charge in [0.1, 0.15) is 0 Å². The van der Waals surface area contributed by atoms with E-state index in [4.69, 9.17) is 139 Å². The van der Waals surface area contributed by atoms with Crippen LogP contribution >= 0.6 is 120 Å². The van der Waals surface area contributed by atoms with Gasteiger partial charge in [-0.2, -0.15) is 0 Å². The van der Waals surface area contributed by atoms with Gasteiger partial charge in [-0.25, -0.2) is 0 Å². The molecule has 0 aliphatic rings. The minimum absolute atomic E-state index is 0.0162. The zero-order valence-electron chi connectivity index (χ0n) is 20.8. The Morgan fingerprint density at radius 2 is 0.561 bits per heavy atom. The first-order chi connectivity index (χ1) is 18.4. The fraction of sp³-hybridized carbons (Fsp3) is 0.765. The Morgan fingerprint density at radius 1 is 0.390 bits per heavy atom. The fourth-order valence-corrected chi connectivity index (χ4v) is 12.4. The second-order valence-electron chi connectivity index (χ2n) is 8.60. The van der Waals surface area contributed by atoms with Gasteiger partial charge in [-0.15, -0.1) is 0 Å². The van der Waals surface area contributed by atoms with Gasteiger partial charge < -0.3 is 0 Å². The third kappa shape index (κ3) is 28.3. The Hall–Kier alpha value is 3.53. The molecule has 240 valence electrons. The van der Waals surface area contributed by atoms with E-state index in [9.17, 15) is 19.2 Å². The molecule has 24 heteroatoms. The first kappa shape index (κ1) is 44.5. The van der Waals surface area contributed by atoms with Crippen LogP contribution in [0.1, 0.15) is 25.7 Å². The first-order valence-corrected chi connectivity index (χ1v) is 50.3. The van der Waals surface area contributed by atoms with Crippen LogP contribution in [0, 0.1) is 5.41 Å². The Balaban J connectivity index is 5.82. The van der Waals surface area contributed by atoms with Crippen molar-refractivity contribution in [2.45, 2.75) is 46.7 Å². The van der Waals surface area contributed by atoms with Crippen LogP contribution in [0.2, 0.25) is 21.0 Å². The Bertz CT molecular complexity index is 736. The van der Waals surface area contributed by atoms with Crippen LogP contribution in [-0.2, 0) is 38.1 Å². The zero-order valence-corrected chi connectivity index (χ0v) is 38.3. The van der Waals surface area contributed by atoms with E-state index in [1.54, 1.807) is 0 Å². The van der Waals surface area contributed by atoms with Crippen LogP contribution in [0.4, 0.5) is 0 Å². The summed E-state index contributed by atoms with van der Waals surface area (Å²) in [4.78, 5) is 49.5. The molecule has 41 heavy (non-hydrogen) atoms. The summed E-state index contributed by atoms with van der Waals surface area (Å²) in [5.41, 5.74) is -1.57. The van der Waals surface area contributed by atoms with E-state index in [-0.39, 0.29) is 46.7 Å². The third-order valence-corrected chi connectivity index (χ3v) is 23.2. The molecule has 0 amide bonds. The van der Waals surface area contributed by atoms with Crippen molar-refractivity contribution in [3.05, 3.63) is 0 Å². The maximum atomic E-state index is 12.4. The van der Waals surface area contributed by atoms with Crippen molar-refractivity contribution in [1.82, 2.24) is 0 Å². The van der Waals surface area contributed by atoms with Gasteiger partial charge in [0.05, 0.1) is 0 Å². The van der Waals surface area contributed by atoms with Gasteiger partial charge in [-0.05, 0) is 0 Å². The average molecular weight is 1070 g/mol. The van der Waals surface area contributed by atoms with Gasteiger partial charge in [-0.1, -0.05) is 0 Å². The van der Waals surface area contributed by atoms with Gasteiger partial charge in [-0.3, -0.25) is 0 Å². The van der Waals surface area contributed by atoms with Crippen LogP contribution in [0.5, 0.6) is 0 Å². The van der Waals surface area contributed by atoms with Gasteiger partial charge in [0.15, 0.2) is 0 Å². The zero-order chi connectivity index (χ0) is 32.1. The average Bonchev–Trinajstić information content (AvgIpc) is 2.81. The predicted molar refractivity (Wildman–Crippen MR) is 177 cm³/mol. The van der Waals surface area contributed by atoms with E-state index in [0.717, 1.165) is 0 Å². The summed E-state index contributed by atoms with van der Waals surface area (Å²) in [6.45, 7) is -2.11.